The number of hydrogen-bond donors (Lipinski definition) is 0. The molecule has 0 aliphatic rings. The second-order valence-corrected chi connectivity index (χ2v) is 5.97. The minimum atomic E-state index is 1.16. The van der Waals surface area contributed by atoms with Crippen molar-refractivity contribution in [2.45, 2.75) is 71.1 Å². The van der Waals surface area contributed by atoms with Gasteiger partial charge >= 0.3 is 0 Å². The lowest BCUT2D eigenvalue weighted by atomic mass is 10.1. The molecule has 0 amide bonds. The van der Waals surface area contributed by atoms with E-state index in [-0.39, 0.29) is 0 Å². The predicted octanol–water partition coefficient (Wildman–Crippen LogP) is 5.23. The van der Waals surface area contributed by atoms with Crippen LogP contribution in [0.4, 0.5) is 0 Å². The van der Waals surface area contributed by atoms with Gasteiger partial charge in [0.15, 0.2) is 0 Å². The molecule has 0 bridgehead atoms. The van der Waals surface area contributed by atoms with Crippen LogP contribution in [0.1, 0.15) is 71.1 Å². The Bertz CT molecular complexity index is 139. The fourth-order valence-corrected chi connectivity index (χ4v) is 2.50. The molecule has 0 aromatic carbocycles. The first-order valence-electron chi connectivity index (χ1n) is 7.55. The topological polar surface area (TPSA) is 3.24 Å². The maximum atomic E-state index is 3.48. The van der Waals surface area contributed by atoms with Crippen LogP contribution < -0.4 is 0 Å². The minimum Gasteiger partial charge on any atom is -0.306 e. The van der Waals surface area contributed by atoms with E-state index in [4.69, 9.17) is 0 Å². The van der Waals surface area contributed by atoms with Gasteiger partial charge in [0.1, 0.15) is 0 Å². The largest absolute Gasteiger partial charge is 0.306 e. The van der Waals surface area contributed by atoms with E-state index in [2.05, 4.69) is 34.8 Å². The zero-order chi connectivity index (χ0) is 12.8. The van der Waals surface area contributed by atoms with Gasteiger partial charge in [-0.2, -0.15) is 0 Å². The Morgan fingerprint density at radius 2 is 1.18 bits per heavy atom. The van der Waals surface area contributed by atoms with Crippen LogP contribution in [0.15, 0.2) is 0 Å². The summed E-state index contributed by atoms with van der Waals surface area (Å²) in [7, 11) is 2.27. The van der Waals surface area contributed by atoms with Crippen molar-refractivity contribution in [2.24, 2.45) is 0 Å². The number of unbranched alkanes of at least 4 members (excludes halogenated alkanes) is 8. The lowest BCUT2D eigenvalue weighted by Crippen LogP contribution is -2.20. The SMILES string of the molecule is CCCCCCCCCN(C)CCCCCBr. The molecule has 0 rings (SSSR count). The molecule has 0 aliphatic carbocycles. The van der Waals surface area contributed by atoms with Gasteiger partial charge in [-0.15, -0.1) is 0 Å². The van der Waals surface area contributed by atoms with E-state index >= 15 is 0 Å². The zero-order valence-electron chi connectivity index (χ0n) is 12.0. The van der Waals surface area contributed by atoms with E-state index in [1.807, 2.05) is 0 Å². The van der Waals surface area contributed by atoms with Crippen LogP contribution in [-0.2, 0) is 0 Å². The Labute approximate surface area is 117 Å². The maximum Gasteiger partial charge on any atom is 0.00313 e. The molecule has 17 heavy (non-hydrogen) atoms. The highest BCUT2D eigenvalue weighted by atomic mass is 79.9. The Balaban J connectivity index is 3.08. The van der Waals surface area contributed by atoms with Gasteiger partial charge in [0, 0.05) is 5.33 Å². The third-order valence-electron chi connectivity index (χ3n) is 3.32. The van der Waals surface area contributed by atoms with Gasteiger partial charge in [0.2, 0.25) is 0 Å². The highest BCUT2D eigenvalue weighted by molar-refractivity contribution is 9.09. The summed E-state index contributed by atoms with van der Waals surface area (Å²) in [6, 6.07) is 0. The van der Waals surface area contributed by atoms with Gasteiger partial charge in [0.05, 0.1) is 0 Å². The summed E-state index contributed by atoms with van der Waals surface area (Å²) in [6.45, 7) is 4.86. The Hall–Kier alpha value is 0.440. The minimum absolute atomic E-state index is 1.16. The van der Waals surface area contributed by atoms with Crippen molar-refractivity contribution in [1.82, 2.24) is 4.90 Å². The summed E-state index contributed by atoms with van der Waals surface area (Å²) < 4.78 is 0. The Morgan fingerprint density at radius 1 is 0.706 bits per heavy atom. The van der Waals surface area contributed by atoms with E-state index in [0.29, 0.717) is 0 Å². The quantitative estimate of drug-likeness (QED) is 0.332. The molecule has 0 saturated carbocycles. The molecule has 0 N–H and O–H groups in total. The van der Waals surface area contributed by atoms with Crippen molar-refractivity contribution in [2.75, 3.05) is 25.5 Å². The average Bonchev–Trinajstić information content (AvgIpc) is 2.33. The molecule has 0 spiro atoms. The first-order valence-corrected chi connectivity index (χ1v) is 8.68. The van der Waals surface area contributed by atoms with Gasteiger partial charge in [0.25, 0.3) is 0 Å². The van der Waals surface area contributed by atoms with E-state index in [1.54, 1.807) is 0 Å². The lowest BCUT2D eigenvalue weighted by Gasteiger charge is -2.16. The Kier molecular flexibility index (Phi) is 14.9. The van der Waals surface area contributed by atoms with Crippen molar-refractivity contribution in [3.8, 4) is 0 Å². The molecule has 2 heteroatoms. The molecule has 0 heterocycles. The van der Waals surface area contributed by atoms with Gasteiger partial charge in [-0.1, -0.05) is 67.8 Å². The molecule has 0 aromatic heterocycles. The monoisotopic (exact) mass is 305 g/mol. The standard InChI is InChI=1S/C15H32BrN/c1-3-4-5-6-7-8-11-14-17(2)15-12-9-10-13-16/h3-15H2,1-2H3. The van der Waals surface area contributed by atoms with E-state index < -0.39 is 0 Å². The Morgan fingerprint density at radius 3 is 1.71 bits per heavy atom. The van der Waals surface area contributed by atoms with Crippen molar-refractivity contribution in [3.05, 3.63) is 0 Å². The van der Waals surface area contributed by atoms with Gasteiger partial charge < -0.3 is 4.90 Å². The first-order chi connectivity index (χ1) is 8.31. The number of rotatable bonds is 13. The highest BCUT2D eigenvalue weighted by Gasteiger charge is 1.98. The smallest absolute Gasteiger partial charge is 0.00313 e. The van der Waals surface area contributed by atoms with E-state index in [1.165, 1.54) is 77.3 Å². The second-order valence-electron chi connectivity index (χ2n) is 5.17. The number of halogens is 1. The van der Waals surface area contributed by atoms with Crippen LogP contribution in [0.25, 0.3) is 0 Å². The van der Waals surface area contributed by atoms with Crippen molar-refractivity contribution >= 4 is 15.9 Å². The summed E-state index contributed by atoms with van der Waals surface area (Å²) in [5.41, 5.74) is 0. The predicted molar refractivity (Wildman–Crippen MR) is 83.1 cm³/mol. The molecule has 0 unspecified atom stereocenters. The maximum absolute atomic E-state index is 3.48. The number of hydrogen-bond acceptors (Lipinski definition) is 1. The fraction of sp³-hybridized carbons (Fsp3) is 1.00. The van der Waals surface area contributed by atoms with Crippen LogP contribution in [0, 0.1) is 0 Å². The normalized spacial score (nSPS) is 11.3. The van der Waals surface area contributed by atoms with Crippen LogP contribution in [0.3, 0.4) is 0 Å². The number of nitrogens with zero attached hydrogens (tertiary/aromatic N) is 1. The molecule has 0 aliphatic heterocycles. The fourth-order valence-electron chi connectivity index (χ4n) is 2.10. The van der Waals surface area contributed by atoms with Crippen molar-refractivity contribution in [1.29, 1.82) is 0 Å². The first kappa shape index (κ1) is 17.4. The molecule has 1 nitrogen and oxygen atoms in total. The van der Waals surface area contributed by atoms with Gasteiger partial charge in [-0.25, -0.2) is 0 Å². The molecular formula is C15H32BrN. The second kappa shape index (κ2) is 14.5. The third kappa shape index (κ3) is 14.4. The van der Waals surface area contributed by atoms with Gasteiger partial charge in [-0.05, 0) is 39.4 Å². The van der Waals surface area contributed by atoms with Crippen LogP contribution in [0.2, 0.25) is 0 Å². The van der Waals surface area contributed by atoms with Crippen LogP contribution in [0.5, 0.6) is 0 Å². The van der Waals surface area contributed by atoms with E-state index in [9.17, 15) is 0 Å². The zero-order valence-corrected chi connectivity index (χ0v) is 13.6. The molecule has 0 aromatic rings. The molecule has 104 valence electrons. The lowest BCUT2D eigenvalue weighted by molar-refractivity contribution is 0.316. The summed E-state index contributed by atoms with van der Waals surface area (Å²) in [5, 5.41) is 1.16. The summed E-state index contributed by atoms with van der Waals surface area (Å²) >= 11 is 3.48. The van der Waals surface area contributed by atoms with Crippen LogP contribution in [-0.4, -0.2) is 30.4 Å². The van der Waals surface area contributed by atoms with Crippen LogP contribution >= 0.6 is 15.9 Å². The molecule has 0 radical (unpaired) electrons. The molecule has 0 fully saturated rings. The van der Waals surface area contributed by atoms with Crippen molar-refractivity contribution in [3.63, 3.8) is 0 Å². The summed E-state index contributed by atoms with van der Waals surface area (Å²) in [6.07, 6.45) is 14.0. The summed E-state index contributed by atoms with van der Waals surface area (Å²) in [5.74, 6) is 0. The van der Waals surface area contributed by atoms with Gasteiger partial charge in [-0.3, -0.25) is 0 Å². The average molecular weight is 306 g/mol. The third-order valence-corrected chi connectivity index (χ3v) is 3.88. The highest BCUT2D eigenvalue weighted by Crippen LogP contribution is 2.07. The molecule has 0 saturated heterocycles. The number of alkyl halides is 1. The molecule has 0 atom stereocenters. The molecular weight excluding hydrogens is 274 g/mol. The van der Waals surface area contributed by atoms with E-state index in [0.717, 1.165) is 5.33 Å². The summed E-state index contributed by atoms with van der Waals surface area (Å²) in [4.78, 5) is 2.50. The van der Waals surface area contributed by atoms with Crippen molar-refractivity contribution < 1.29 is 0 Å².